The predicted octanol–water partition coefficient (Wildman–Crippen LogP) is 8.93. The number of ether oxygens (including phenoxy) is 2. The van der Waals surface area contributed by atoms with Gasteiger partial charge in [0.15, 0.2) is 16.7 Å². The van der Waals surface area contributed by atoms with Crippen LogP contribution in [0.1, 0.15) is 18.1 Å². The molecule has 1 fully saturated rings. The molecule has 1 heterocycles. The van der Waals surface area contributed by atoms with Crippen LogP contribution < -0.4 is 14.8 Å². The highest BCUT2D eigenvalue weighted by Gasteiger charge is 2.25. The van der Waals surface area contributed by atoms with Crippen LogP contribution in [0, 0.1) is 0 Å². The van der Waals surface area contributed by atoms with Gasteiger partial charge in [-0.2, -0.15) is 0 Å². The van der Waals surface area contributed by atoms with Crippen LogP contribution in [0.3, 0.4) is 0 Å². The van der Waals surface area contributed by atoms with E-state index in [-0.39, 0.29) is 12.5 Å². The molecule has 5 nitrogen and oxygen atoms in total. The topological polar surface area (TPSA) is 59.9 Å². The summed E-state index contributed by atoms with van der Waals surface area (Å²) in [6, 6.07) is 14.0. The maximum Gasteiger partial charge on any atom is 0.264 e. The molecule has 0 bridgehead atoms. The van der Waals surface area contributed by atoms with Gasteiger partial charge in [-0.05, 0) is 82.7 Å². The summed E-state index contributed by atoms with van der Waals surface area (Å²) in [5, 5.41) is 4.92. The van der Waals surface area contributed by atoms with E-state index in [4.69, 9.17) is 55.9 Å². The average molecular weight is 647 g/mol. The third-order valence-corrected chi connectivity index (χ3v) is 7.72. The van der Waals surface area contributed by atoms with E-state index >= 15 is 0 Å². The summed E-state index contributed by atoms with van der Waals surface area (Å²) in [5.41, 5.74) is 1.99. The molecule has 0 radical (unpaired) electrons. The molecule has 36 heavy (non-hydrogen) atoms. The van der Waals surface area contributed by atoms with Crippen molar-refractivity contribution in [3.05, 3.63) is 89.1 Å². The van der Waals surface area contributed by atoms with Gasteiger partial charge in [-0.3, -0.25) is 4.79 Å². The number of rotatable bonds is 7. The smallest absolute Gasteiger partial charge is 0.264 e. The van der Waals surface area contributed by atoms with Crippen LogP contribution in [0.4, 0.5) is 5.69 Å². The highest BCUT2D eigenvalue weighted by atomic mass is 79.9. The molecule has 0 unspecified atom stereocenters. The van der Waals surface area contributed by atoms with Gasteiger partial charge < -0.3 is 14.8 Å². The van der Waals surface area contributed by atoms with Crippen molar-refractivity contribution in [1.29, 1.82) is 0 Å². The zero-order valence-corrected chi connectivity index (χ0v) is 24.0. The number of carbonyl (C=O) groups is 1. The van der Waals surface area contributed by atoms with Crippen LogP contribution in [0.2, 0.25) is 20.1 Å². The second-order valence-corrected chi connectivity index (χ2v) is 10.9. The van der Waals surface area contributed by atoms with Crippen LogP contribution in [-0.2, 0) is 11.4 Å². The molecule has 0 saturated carbocycles. The van der Waals surface area contributed by atoms with E-state index in [0.29, 0.717) is 58.4 Å². The highest BCUT2D eigenvalue weighted by Crippen LogP contribution is 2.40. The van der Waals surface area contributed by atoms with Gasteiger partial charge in [-0.25, -0.2) is 4.99 Å². The van der Waals surface area contributed by atoms with Crippen LogP contribution in [-0.4, -0.2) is 17.7 Å². The lowest BCUT2D eigenvalue weighted by atomic mass is 10.1. The van der Waals surface area contributed by atoms with Crippen LogP contribution in [0.5, 0.6) is 11.5 Å². The molecule has 1 aliphatic heterocycles. The van der Waals surface area contributed by atoms with E-state index in [0.717, 1.165) is 11.1 Å². The number of hydrogen-bond acceptors (Lipinski definition) is 5. The Labute approximate surface area is 240 Å². The second-order valence-electron chi connectivity index (χ2n) is 7.34. The lowest BCUT2D eigenvalue weighted by Gasteiger charge is -2.15. The van der Waals surface area contributed by atoms with Gasteiger partial charge in [0.2, 0.25) is 0 Å². The number of thioether (sulfide) groups is 1. The van der Waals surface area contributed by atoms with Crippen molar-refractivity contribution in [1.82, 2.24) is 5.32 Å². The molecule has 4 rings (SSSR count). The highest BCUT2D eigenvalue weighted by molar-refractivity contribution is 9.10. The molecule has 0 aromatic heterocycles. The summed E-state index contributed by atoms with van der Waals surface area (Å²) < 4.78 is 12.5. The molecular formula is C25H17BrCl4N2O3S. The molecule has 0 aliphatic carbocycles. The quantitative estimate of drug-likeness (QED) is 0.260. The van der Waals surface area contributed by atoms with E-state index in [2.05, 4.69) is 26.2 Å². The molecule has 0 atom stereocenters. The molecule has 11 heteroatoms. The lowest BCUT2D eigenvalue weighted by molar-refractivity contribution is -0.115. The second kappa shape index (κ2) is 12.1. The minimum absolute atomic E-state index is 0.221. The van der Waals surface area contributed by atoms with Gasteiger partial charge in [-0.15, -0.1) is 0 Å². The fourth-order valence-corrected chi connectivity index (χ4v) is 5.39. The number of benzene rings is 3. The summed E-state index contributed by atoms with van der Waals surface area (Å²) >= 11 is 29.3. The van der Waals surface area contributed by atoms with E-state index in [1.807, 2.05) is 19.1 Å². The fourth-order valence-electron chi connectivity index (χ4n) is 3.18. The first-order valence-electron chi connectivity index (χ1n) is 10.5. The monoisotopic (exact) mass is 644 g/mol. The van der Waals surface area contributed by atoms with Crippen molar-refractivity contribution in [3.63, 3.8) is 0 Å². The van der Waals surface area contributed by atoms with Gasteiger partial charge in [0.25, 0.3) is 5.91 Å². The van der Waals surface area contributed by atoms with Crippen LogP contribution in [0.25, 0.3) is 6.08 Å². The van der Waals surface area contributed by atoms with Crippen molar-refractivity contribution < 1.29 is 14.3 Å². The number of halogens is 5. The Balaban J connectivity index is 1.58. The number of amidine groups is 1. The molecule has 1 amide bonds. The van der Waals surface area contributed by atoms with E-state index in [1.165, 1.54) is 11.8 Å². The summed E-state index contributed by atoms with van der Waals surface area (Å²) in [6.07, 6.45) is 1.75. The molecule has 0 spiro atoms. The number of aliphatic imine (C=N–C) groups is 1. The van der Waals surface area contributed by atoms with E-state index < -0.39 is 0 Å². The molecule has 3 aromatic carbocycles. The van der Waals surface area contributed by atoms with Crippen molar-refractivity contribution >= 4 is 96.9 Å². The first-order chi connectivity index (χ1) is 17.2. The third kappa shape index (κ3) is 6.52. The molecule has 186 valence electrons. The maximum atomic E-state index is 12.6. The first-order valence-corrected chi connectivity index (χ1v) is 13.6. The summed E-state index contributed by atoms with van der Waals surface area (Å²) in [7, 11) is 0. The van der Waals surface area contributed by atoms with Gasteiger partial charge in [0.05, 0.1) is 31.7 Å². The maximum absolute atomic E-state index is 12.6. The Morgan fingerprint density at radius 3 is 2.61 bits per heavy atom. The molecule has 1 aliphatic rings. The third-order valence-electron chi connectivity index (χ3n) is 4.82. The van der Waals surface area contributed by atoms with Crippen molar-refractivity contribution in [2.75, 3.05) is 6.61 Å². The Kier molecular flexibility index (Phi) is 9.15. The SMILES string of the molecule is CCOc1cc(C=C2SC(=Nc3cccc(Cl)c3Cl)NC2=O)cc(Br)c1OCc1ccc(Cl)cc1Cl. The largest absolute Gasteiger partial charge is 0.490 e. The van der Waals surface area contributed by atoms with Crippen LogP contribution >= 0.6 is 74.1 Å². The zero-order chi connectivity index (χ0) is 25.8. The Morgan fingerprint density at radius 1 is 1.06 bits per heavy atom. The van der Waals surface area contributed by atoms with Gasteiger partial charge >= 0.3 is 0 Å². The minimum atomic E-state index is -0.274. The Morgan fingerprint density at radius 2 is 1.86 bits per heavy atom. The van der Waals surface area contributed by atoms with Gasteiger partial charge in [0, 0.05) is 15.6 Å². The number of nitrogens with zero attached hydrogens (tertiary/aromatic N) is 1. The van der Waals surface area contributed by atoms with Crippen molar-refractivity contribution in [2.24, 2.45) is 4.99 Å². The Bertz CT molecular complexity index is 1400. The molecule has 1 saturated heterocycles. The van der Waals surface area contributed by atoms with Gasteiger partial charge in [-0.1, -0.05) is 58.5 Å². The minimum Gasteiger partial charge on any atom is -0.490 e. The number of carbonyl (C=O) groups excluding carboxylic acids is 1. The average Bonchev–Trinajstić information content (AvgIpc) is 3.16. The molecule has 3 aromatic rings. The normalized spacial score (nSPS) is 15.4. The number of nitrogens with one attached hydrogen (secondary N) is 1. The summed E-state index contributed by atoms with van der Waals surface area (Å²) in [5.74, 6) is 0.766. The molecular weight excluding hydrogens is 630 g/mol. The predicted molar refractivity (Wildman–Crippen MR) is 153 cm³/mol. The zero-order valence-electron chi connectivity index (χ0n) is 18.6. The Hall–Kier alpha value is -1.87. The van der Waals surface area contributed by atoms with Crippen molar-refractivity contribution in [2.45, 2.75) is 13.5 Å². The fraction of sp³-hybridized carbons (Fsp3) is 0.120. The first kappa shape index (κ1) is 27.2. The van der Waals surface area contributed by atoms with E-state index in [1.54, 1.807) is 42.5 Å². The van der Waals surface area contributed by atoms with E-state index in [9.17, 15) is 4.79 Å². The van der Waals surface area contributed by atoms with Crippen LogP contribution in [0.15, 0.2) is 62.9 Å². The molecule has 1 N–H and O–H groups in total. The summed E-state index contributed by atoms with van der Waals surface area (Å²) in [6.45, 7) is 2.53. The van der Waals surface area contributed by atoms with Gasteiger partial charge in [0.1, 0.15) is 6.61 Å². The van der Waals surface area contributed by atoms with Crippen molar-refractivity contribution in [3.8, 4) is 11.5 Å². The standard InChI is InChI=1S/C25H17BrCl4N2O3S/c1-2-34-20-9-13(8-16(26)23(20)35-12-14-6-7-15(27)11-18(14)29)10-21-24(33)32-25(36-21)31-19-5-3-4-17(28)22(19)30/h3-11H,2,12H2,1H3,(H,31,32,33). The number of hydrogen-bond donors (Lipinski definition) is 1. The lowest BCUT2D eigenvalue weighted by Crippen LogP contribution is -2.19. The number of amides is 1. The summed E-state index contributed by atoms with van der Waals surface area (Å²) in [4.78, 5) is 17.5.